The number of piperazine rings is 1. The zero-order chi connectivity index (χ0) is 24.0. The van der Waals surface area contributed by atoms with Crippen LogP contribution in [-0.2, 0) is 17.9 Å². The molecule has 1 unspecified atom stereocenters. The Labute approximate surface area is 208 Å². The van der Waals surface area contributed by atoms with Gasteiger partial charge in [0.2, 0.25) is 5.88 Å². The largest absolute Gasteiger partial charge is 0.488 e. The Hall–Kier alpha value is -2.72. The molecule has 186 valence electrons. The number of nitrogens with one attached hydrogen (secondary N) is 1. The van der Waals surface area contributed by atoms with Crippen LogP contribution in [0.1, 0.15) is 5.56 Å². The molecule has 35 heavy (non-hydrogen) atoms. The fourth-order valence-electron chi connectivity index (χ4n) is 4.49. The molecule has 0 radical (unpaired) electrons. The number of aromatic nitrogens is 3. The van der Waals surface area contributed by atoms with Crippen molar-refractivity contribution in [3.05, 3.63) is 54.4 Å². The first kappa shape index (κ1) is 24.0. The molecule has 1 atom stereocenters. The van der Waals surface area contributed by atoms with E-state index in [4.69, 9.17) is 14.2 Å². The molecule has 1 aromatic carbocycles. The third-order valence-electron chi connectivity index (χ3n) is 6.48. The number of ether oxygens (including phenoxy) is 3. The Balaban J connectivity index is 1.17. The van der Waals surface area contributed by atoms with Gasteiger partial charge in [-0.25, -0.2) is 9.67 Å². The van der Waals surface area contributed by atoms with E-state index in [1.54, 1.807) is 6.20 Å². The number of hydrogen-bond donors (Lipinski definition) is 1. The van der Waals surface area contributed by atoms with E-state index in [1.165, 1.54) is 11.6 Å². The summed E-state index contributed by atoms with van der Waals surface area (Å²) in [4.78, 5) is 7.00. The van der Waals surface area contributed by atoms with Crippen LogP contribution in [0.4, 0.5) is 0 Å². The van der Waals surface area contributed by atoms with Gasteiger partial charge in [-0.2, -0.15) is 5.10 Å². The smallest absolute Gasteiger partial charge is 0.219 e. The summed E-state index contributed by atoms with van der Waals surface area (Å²) in [5, 5.41) is 7.80. The van der Waals surface area contributed by atoms with Gasteiger partial charge in [0, 0.05) is 84.6 Å². The average molecular weight is 494 g/mol. The summed E-state index contributed by atoms with van der Waals surface area (Å²) in [7, 11) is -0.595. The van der Waals surface area contributed by atoms with Gasteiger partial charge in [0.1, 0.15) is 24.3 Å². The molecule has 0 saturated carbocycles. The molecular weight excluding hydrogens is 458 g/mol. The van der Waals surface area contributed by atoms with E-state index in [2.05, 4.69) is 39.5 Å². The van der Waals surface area contributed by atoms with Crippen LogP contribution in [0.25, 0.3) is 11.3 Å². The molecule has 0 aliphatic carbocycles. The lowest BCUT2D eigenvalue weighted by molar-refractivity contribution is 0.0801. The van der Waals surface area contributed by atoms with Gasteiger partial charge in [0.15, 0.2) is 0 Å². The first-order valence-corrected chi connectivity index (χ1v) is 15.7. The highest BCUT2D eigenvalue weighted by Crippen LogP contribution is 2.34. The standard InChI is InChI=1S/C26H35N5O3Si/c1-35(2)14-13-32-19-31-24(7-8-29-31)21-4-6-26(28-17-21)34-22-5-3-20-15-23(33-25(20)16-22)18-30-11-9-27-10-12-30/h3-8,16-17,23,27,35H,9-15,18-19H2,1-2H3. The Morgan fingerprint density at radius 1 is 1.14 bits per heavy atom. The van der Waals surface area contributed by atoms with Crippen molar-refractivity contribution in [2.24, 2.45) is 0 Å². The molecule has 0 bridgehead atoms. The van der Waals surface area contributed by atoms with Crippen molar-refractivity contribution in [2.75, 3.05) is 39.3 Å². The van der Waals surface area contributed by atoms with Crippen LogP contribution in [0.3, 0.4) is 0 Å². The molecule has 5 rings (SSSR count). The Kier molecular flexibility index (Phi) is 7.78. The predicted octanol–water partition coefficient (Wildman–Crippen LogP) is 3.41. The van der Waals surface area contributed by atoms with Crippen LogP contribution in [0.15, 0.2) is 48.8 Å². The summed E-state index contributed by atoms with van der Waals surface area (Å²) >= 11 is 0. The lowest BCUT2D eigenvalue weighted by atomic mass is 10.1. The van der Waals surface area contributed by atoms with Crippen molar-refractivity contribution in [3.63, 3.8) is 0 Å². The predicted molar refractivity (Wildman–Crippen MR) is 139 cm³/mol. The fourth-order valence-corrected chi connectivity index (χ4v) is 5.13. The van der Waals surface area contributed by atoms with Gasteiger partial charge in [-0.1, -0.05) is 19.2 Å². The van der Waals surface area contributed by atoms with Gasteiger partial charge < -0.3 is 19.5 Å². The summed E-state index contributed by atoms with van der Waals surface area (Å²) in [5.74, 6) is 2.20. The van der Waals surface area contributed by atoms with Crippen molar-refractivity contribution >= 4 is 8.80 Å². The zero-order valence-corrected chi connectivity index (χ0v) is 21.8. The molecule has 1 N–H and O–H groups in total. The molecule has 0 spiro atoms. The van der Waals surface area contributed by atoms with Crippen molar-refractivity contribution < 1.29 is 14.2 Å². The van der Waals surface area contributed by atoms with Crippen molar-refractivity contribution in [1.82, 2.24) is 25.0 Å². The Bertz CT molecular complexity index is 1100. The third kappa shape index (κ3) is 6.29. The Morgan fingerprint density at radius 2 is 2.03 bits per heavy atom. The highest BCUT2D eigenvalue weighted by Gasteiger charge is 2.26. The van der Waals surface area contributed by atoms with E-state index >= 15 is 0 Å². The average Bonchev–Trinajstić information content (AvgIpc) is 3.49. The van der Waals surface area contributed by atoms with Crippen LogP contribution in [0, 0.1) is 0 Å². The number of rotatable bonds is 10. The summed E-state index contributed by atoms with van der Waals surface area (Å²) in [6.45, 7) is 11.1. The summed E-state index contributed by atoms with van der Waals surface area (Å²) < 4.78 is 20.0. The van der Waals surface area contributed by atoms with Gasteiger partial charge in [0.25, 0.3) is 0 Å². The summed E-state index contributed by atoms with van der Waals surface area (Å²) in [6.07, 6.45) is 4.76. The summed E-state index contributed by atoms with van der Waals surface area (Å²) in [5.41, 5.74) is 3.20. The second-order valence-corrected chi connectivity index (χ2v) is 13.1. The number of pyridine rings is 1. The molecule has 2 aliphatic heterocycles. The quantitative estimate of drug-likeness (QED) is 0.343. The molecule has 1 saturated heterocycles. The normalized spacial score (nSPS) is 18.0. The maximum absolute atomic E-state index is 6.24. The molecule has 4 heterocycles. The van der Waals surface area contributed by atoms with Gasteiger partial charge in [-0.3, -0.25) is 4.90 Å². The van der Waals surface area contributed by atoms with Crippen molar-refractivity contribution in [1.29, 1.82) is 0 Å². The number of hydrogen-bond acceptors (Lipinski definition) is 7. The molecule has 8 nitrogen and oxygen atoms in total. The lowest BCUT2D eigenvalue weighted by Crippen LogP contribution is -2.47. The van der Waals surface area contributed by atoms with Crippen LogP contribution in [0.5, 0.6) is 17.4 Å². The van der Waals surface area contributed by atoms with E-state index < -0.39 is 8.80 Å². The second kappa shape index (κ2) is 11.3. The minimum atomic E-state index is -0.595. The van der Waals surface area contributed by atoms with E-state index in [0.29, 0.717) is 12.6 Å². The molecule has 3 aromatic rings. The van der Waals surface area contributed by atoms with Crippen LogP contribution >= 0.6 is 0 Å². The number of nitrogens with zero attached hydrogens (tertiary/aromatic N) is 4. The van der Waals surface area contributed by atoms with Crippen molar-refractivity contribution in [3.8, 4) is 28.6 Å². The van der Waals surface area contributed by atoms with E-state index in [1.807, 2.05) is 41.2 Å². The SMILES string of the molecule is C[SiH](C)CCOCn1nccc1-c1ccc(Oc2ccc3c(c2)OC(CN2CCNCC2)C3)nc1. The molecule has 2 aliphatic rings. The Morgan fingerprint density at radius 3 is 2.83 bits per heavy atom. The highest BCUT2D eigenvalue weighted by atomic mass is 28.3. The number of benzene rings is 1. The molecule has 2 aromatic heterocycles. The van der Waals surface area contributed by atoms with Crippen LogP contribution in [0.2, 0.25) is 19.1 Å². The summed E-state index contributed by atoms with van der Waals surface area (Å²) in [6, 6.07) is 13.1. The first-order chi connectivity index (χ1) is 17.1. The second-order valence-electron chi connectivity index (χ2n) is 9.69. The molecular formula is C26H35N5O3Si. The number of fused-ring (bicyclic) bond motifs is 1. The van der Waals surface area contributed by atoms with Gasteiger partial charge in [-0.15, -0.1) is 0 Å². The van der Waals surface area contributed by atoms with Gasteiger partial charge >= 0.3 is 0 Å². The van der Waals surface area contributed by atoms with Gasteiger partial charge in [0.05, 0.1) is 5.69 Å². The monoisotopic (exact) mass is 493 g/mol. The minimum Gasteiger partial charge on any atom is -0.488 e. The van der Waals surface area contributed by atoms with E-state index in [9.17, 15) is 0 Å². The fraction of sp³-hybridized carbons (Fsp3) is 0.462. The van der Waals surface area contributed by atoms with E-state index in [0.717, 1.165) is 68.5 Å². The van der Waals surface area contributed by atoms with Crippen LogP contribution < -0.4 is 14.8 Å². The van der Waals surface area contributed by atoms with E-state index in [-0.39, 0.29) is 6.10 Å². The van der Waals surface area contributed by atoms with Crippen LogP contribution in [-0.4, -0.2) is 73.9 Å². The highest BCUT2D eigenvalue weighted by molar-refractivity contribution is 6.55. The van der Waals surface area contributed by atoms with Gasteiger partial charge in [-0.05, 0) is 29.8 Å². The maximum atomic E-state index is 6.24. The molecule has 9 heteroatoms. The minimum absolute atomic E-state index is 0.206. The third-order valence-corrected chi connectivity index (χ3v) is 7.87. The molecule has 1 fully saturated rings. The lowest BCUT2D eigenvalue weighted by Gasteiger charge is -2.29. The maximum Gasteiger partial charge on any atom is 0.219 e. The first-order valence-electron chi connectivity index (χ1n) is 12.6. The topological polar surface area (TPSA) is 73.7 Å². The molecule has 0 amide bonds. The zero-order valence-electron chi connectivity index (χ0n) is 20.7. The van der Waals surface area contributed by atoms with Crippen molar-refractivity contribution in [2.45, 2.75) is 38.4 Å².